The van der Waals surface area contributed by atoms with Crippen molar-refractivity contribution >= 4 is 16.8 Å². The van der Waals surface area contributed by atoms with Crippen LogP contribution in [0.3, 0.4) is 0 Å². The Morgan fingerprint density at radius 3 is 3.06 bits per heavy atom. The van der Waals surface area contributed by atoms with Gasteiger partial charge in [0.05, 0.1) is 5.52 Å². The highest BCUT2D eigenvalue weighted by molar-refractivity contribution is 5.97. The average molecular weight is 212 g/mol. The lowest BCUT2D eigenvalue weighted by Crippen LogP contribution is -2.32. The number of fused-ring (bicyclic) bond motifs is 2. The zero-order chi connectivity index (χ0) is 11.1. The molecule has 80 valence electrons. The fourth-order valence-electron chi connectivity index (χ4n) is 2.12. The van der Waals surface area contributed by atoms with Crippen LogP contribution in [0.1, 0.15) is 21.6 Å². The summed E-state index contributed by atoms with van der Waals surface area (Å²) in [6.07, 6.45) is 0.873. The SMILES string of the molecule is Cc1ccc2nc3c(cc2c1)CCNC3=O. The van der Waals surface area contributed by atoms with Gasteiger partial charge in [-0.1, -0.05) is 11.6 Å². The second kappa shape index (κ2) is 3.30. The second-order valence-corrected chi connectivity index (χ2v) is 4.20. The van der Waals surface area contributed by atoms with Crippen molar-refractivity contribution in [1.29, 1.82) is 0 Å². The molecule has 1 amide bonds. The molecule has 0 bridgehead atoms. The summed E-state index contributed by atoms with van der Waals surface area (Å²) in [6.45, 7) is 2.77. The van der Waals surface area contributed by atoms with Crippen molar-refractivity contribution in [3.63, 3.8) is 0 Å². The number of hydrogen-bond acceptors (Lipinski definition) is 2. The number of nitrogens with one attached hydrogen (secondary N) is 1. The maximum absolute atomic E-state index is 11.6. The van der Waals surface area contributed by atoms with Crippen LogP contribution in [0.5, 0.6) is 0 Å². The standard InChI is InChI=1S/C13H12N2O/c1-8-2-3-11-10(6-8)7-9-4-5-14-13(16)12(9)15-11/h2-3,6-7H,4-5H2,1H3,(H,14,16). The van der Waals surface area contributed by atoms with Crippen molar-refractivity contribution < 1.29 is 4.79 Å². The third-order valence-electron chi connectivity index (χ3n) is 2.94. The minimum absolute atomic E-state index is 0.0521. The topological polar surface area (TPSA) is 42.0 Å². The van der Waals surface area contributed by atoms with Gasteiger partial charge in [0.25, 0.3) is 5.91 Å². The molecule has 1 aliphatic rings. The molecule has 3 rings (SSSR count). The van der Waals surface area contributed by atoms with E-state index in [4.69, 9.17) is 0 Å². The normalized spacial score (nSPS) is 14.7. The van der Waals surface area contributed by atoms with Crippen molar-refractivity contribution in [3.8, 4) is 0 Å². The minimum atomic E-state index is -0.0521. The molecular formula is C13H12N2O. The van der Waals surface area contributed by atoms with E-state index in [-0.39, 0.29) is 5.91 Å². The summed E-state index contributed by atoms with van der Waals surface area (Å²) in [4.78, 5) is 16.0. The molecule has 1 N–H and O–H groups in total. The number of pyridine rings is 1. The summed E-state index contributed by atoms with van der Waals surface area (Å²) in [5, 5.41) is 3.93. The molecule has 0 radical (unpaired) electrons. The molecule has 3 heteroatoms. The van der Waals surface area contributed by atoms with Gasteiger partial charge in [0, 0.05) is 11.9 Å². The Kier molecular flexibility index (Phi) is 1.93. The quantitative estimate of drug-likeness (QED) is 0.723. The molecule has 0 spiro atoms. The Labute approximate surface area is 93.5 Å². The van der Waals surface area contributed by atoms with Crippen molar-refractivity contribution in [2.75, 3.05) is 6.54 Å². The maximum Gasteiger partial charge on any atom is 0.270 e. The van der Waals surface area contributed by atoms with E-state index in [9.17, 15) is 4.79 Å². The molecule has 0 unspecified atom stereocenters. The average Bonchev–Trinajstić information content (AvgIpc) is 2.27. The summed E-state index contributed by atoms with van der Waals surface area (Å²) in [5.74, 6) is -0.0521. The summed E-state index contributed by atoms with van der Waals surface area (Å²) in [5.41, 5.74) is 3.75. The van der Waals surface area contributed by atoms with Gasteiger partial charge in [-0.3, -0.25) is 4.79 Å². The van der Waals surface area contributed by atoms with Crippen molar-refractivity contribution in [1.82, 2.24) is 10.3 Å². The highest BCUT2D eigenvalue weighted by atomic mass is 16.1. The molecule has 0 saturated carbocycles. The number of benzene rings is 1. The Morgan fingerprint density at radius 1 is 1.31 bits per heavy atom. The van der Waals surface area contributed by atoms with E-state index in [1.807, 2.05) is 12.1 Å². The first kappa shape index (κ1) is 9.33. The summed E-state index contributed by atoms with van der Waals surface area (Å²) in [7, 11) is 0. The molecule has 0 atom stereocenters. The fraction of sp³-hybridized carbons (Fsp3) is 0.231. The maximum atomic E-state index is 11.6. The van der Waals surface area contributed by atoms with Gasteiger partial charge in [-0.2, -0.15) is 0 Å². The van der Waals surface area contributed by atoms with Crippen LogP contribution in [0, 0.1) is 6.92 Å². The summed E-state index contributed by atoms with van der Waals surface area (Å²) >= 11 is 0. The van der Waals surface area contributed by atoms with Gasteiger partial charge in [-0.25, -0.2) is 4.98 Å². The molecular weight excluding hydrogens is 200 g/mol. The molecule has 0 fully saturated rings. The van der Waals surface area contributed by atoms with E-state index >= 15 is 0 Å². The third kappa shape index (κ3) is 1.36. The number of nitrogens with zero attached hydrogens (tertiary/aromatic N) is 1. The first-order valence-corrected chi connectivity index (χ1v) is 5.42. The van der Waals surface area contributed by atoms with Crippen LogP contribution in [0.15, 0.2) is 24.3 Å². The van der Waals surface area contributed by atoms with Crippen LogP contribution in [0.25, 0.3) is 10.9 Å². The van der Waals surface area contributed by atoms with Crippen LogP contribution < -0.4 is 5.32 Å². The van der Waals surface area contributed by atoms with Gasteiger partial charge in [-0.15, -0.1) is 0 Å². The van der Waals surface area contributed by atoms with Gasteiger partial charge in [-0.05, 0) is 37.1 Å². The Hall–Kier alpha value is -1.90. The van der Waals surface area contributed by atoms with Crippen molar-refractivity contribution in [3.05, 3.63) is 41.1 Å². The number of amides is 1. The van der Waals surface area contributed by atoms with Crippen molar-refractivity contribution in [2.45, 2.75) is 13.3 Å². The van der Waals surface area contributed by atoms with E-state index in [0.717, 1.165) is 22.9 Å². The second-order valence-electron chi connectivity index (χ2n) is 4.20. The van der Waals surface area contributed by atoms with E-state index in [1.165, 1.54) is 5.56 Å². The minimum Gasteiger partial charge on any atom is -0.350 e. The largest absolute Gasteiger partial charge is 0.350 e. The van der Waals surface area contributed by atoms with Gasteiger partial charge < -0.3 is 5.32 Å². The molecule has 1 aromatic heterocycles. The molecule has 0 aliphatic carbocycles. The number of aryl methyl sites for hydroxylation is 1. The molecule has 1 aromatic carbocycles. The van der Waals surface area contributed by atoms with Crippen molar-refractivity contribution in [2.24, 2.45) is 0 Å². The molecule has 3 nitrogen and oxygen atoms in total. The highest BCUT2D eigenvalue weighted by Crippen LogP contribution is 2.20. The third-order valence-corrected chi connectivity index (χ3v) is 2.94. The number of rotatable bonds is 0. The van der Waals surface area contributed by atoms with Crippen LogP contribution >= 0.6 is 0 Å². The number of aromatic nitrogens is 1. The monoisotopic (exact) mass is 212 g/mol. The van der Waals surface area contributed by atoms with Crippen LogP contribution in [0.4, 0.5) is 0 Å². The smallest absolute Gasteiger partial charge is 0.270 e. The lowest BCUT2D eigenvalue weighted by molar-refractivity contribution is 0.0941. The van der Waals surface area contributed by atoms with E-state index in [1.54, 1.807) is 0 Å². The fourth-order valence-corrected chi connectivity index (χ4v) is 2.12. The summed E-state index contributed by atoms with van der Waals surface area (Å²) < 4.78 is 0. The molecule has 2 aromatic rings. The predicted molar refractivity (Wildman–Crippen MR) is 62.5 cm³/mol. The van der Waals surface area contributed by atoms with Crippen LogP contribution in [0.2, 0.25) is 0 Å². The number of hydrogen-bond donors (Lipinski definition) is 1. The molecule has 2 heterocycles. The van der Waals surface area contributed by atoms with Crippen LogP contribution in [-0.2, 0) is 6.42 Å². The van der Waals surface area contributed by atoms with Gasteiger partial charge >= 0.3 is 0 Å². The lowest BCUT2D eigenvalue weighted by Gasteiger charge is -2.16. The Bertz CT molecular complexity index is 590. The summed E-state index contributed by atoms with van der Waals surface area (Å²) in [6, 6.07) is 8.17. The zero-order valence-corrected chi connectivity index (χ0v) is 9.08. The number of carbonyl (C=O) groups is 1. The Morgan fingerprint density at radius 2 is 2.19 bits per heavy atom. The highest BCUT2D eigenvalue weighted by Gasteiger charge is 2.18. The Balaban J connectivity index is 2.30. The number of carbonyl (C=O) groups excluding carboxylic acids is 1. The molecule has 0 saturated heterocycles. The van der Waals surface area contributed by atoms with E-state index in [2.05, 4.69) is 29.4 Å². The van der Waals surface area contributed by atoms with Gasteiger partial charge in [0.2, 0.25) is 0 Å². The molecule has 1 aliphatic heterocycles. The van der Waals surface area contributed by atoms with Gasteiger partial charge in [0.1, 0.15) is 5.69 Å². The van der Waals surface area contributed by atoms with Crippen LogP contribution in [-0.4, -0.2) is 17.4 Å². The first-order valence-electron chi connectivity index (χ1n) is 5.42. The molecule has 16 heavy (non-hydrogen) atoms. The van der Waals surface area contributed by atoms with E-state index in [0.29, 0.717) is 12.2 Å². The predicted octanol–water partition coefficient (Wildman–Crippen LogP) is 1.83. The lowest BCUT2D eigenvalue weighted by atomic mass is 10.0. The van der Waals surface area contributed by atoms with Gasteiger partial charge in [0.15, 0.2) is 0 Å². The first-order chi connectivity index (χ1) is 7.74. The zero-order valence-electron chi connectivity index (χ0n) is 9.08. The van der Waals surface area contributed by atoms with E-state index < -0.39 is 0 Å².